The normalized spacial score (nSPS) is 31.0. The summed E-state index contributed by atoms with van der Waals surface area (Å²) < 4.78 is 7.86. The molecule has 1 aliphatic heterocycles. The van der Waals surface area contributed by atoms with E-state index in [2.05, 4.69) is 22.0 Å². The molecule has 2 N–H and O–H groups in total. The summed E-state index contributed by atoms with van der Waals surface area (Å²) in [5.74, 6) is -0.0268. The maximum atomic E-state index is 12.1. The largest absolute Gasteiger partial charge is 0.460 e. The Kier molecular flexibility index (Phi) is 3.41. The van der Waals surface area contributed by atoms with Crippen LogP contribution in [0.1, 0.15) is 63.4 Å². The minimum absolute atomic E-state index is 0.0268. The van der Waals surface area contributed by atoms with Crippen molar-refractivity contribution in [1.29, 1.82) is 0 Å². The number of aromatic nitrogens is 2. The van der Waals surface area contributed by atoms with E-state index in [1.54, 1.807) is 0 Å². The molecule has 0 radical (unpaired) electrons. The van der Waals surface area contributed by atoms with Crippen LogP contribution in [-0.2, 0) is 29.0 Å². The van der Waals surface area contributed by atoms with Gasteiger partial charge in [-0.15, -0.1) is 4.68 Å². The highest BCUT2D eigenvalue weighted by Gasteiger charge is 2.70. The number of nitrogens with zero attached hydrogens (tertiary/aromatic N) is 1. The molecule has 2 bridgehead atoms. The third kappa shape index (κ3) is 2.67. The Morgan fingerprint density at radius 1 is 1.25 bits per heavy atom. The molecule has 3 fully saturated rings. The van der Waals surface area contributed by atoms with Crippen LogP contribution in [0.25, 0.3) is 0 Å². The van der Waals surface area contributed by atoms with E-state index < -0.39 is 0 Å². The zero-order chi connectivity index (χ0) is 17.2. The Bertz CT molecular complexity index is 664. The smallest absolute Gasteiger partial charge is 0.306 e. The van der Waals surface area contributed by atoms with Crippen LogP contribution in [0.5, 0.6) is 0 Å². The number of esters is 1. The van der Waals surface area contributed by atoms with Crippen LogP contribution < -0.4 is 10.00 Å². The predicted molar refractivity (Wildman–Crippen MR) is 90.3 cm³/mol. The molecule has 0 atom stereocenters. The highest BCUT2D eigenvalue weighted by atomic mass is 16.6. The molecule has 5 heteroatoms. The van der Waals surface area contributed by atoms with Crippen LogP contribution in [0, 0.1) is 17.8 Å². The summed E-state index contributed by atoms with van der Waals surface area (Å²) in [5, 5.41) is 7.08. The average Bonchev–Trinajstić information content (AvgIpc) is 2.70. The fraction of sp³-hybridized carbons (Fsp3) is 0.789. The number of rotatable bonds is 4. The summed E-state index contributed by atoms with van der Waals surface area (Å²) in [5.41, 5.74) is 4.52. The summed E-state index contributed by atoms with van der Waals surface area (Å²) in [6.07, 6.45) is 5.22. The van der Waals surface area contributed by atoms with Crippen molar-refractivity contribution in [2.24, 2.45) is 10.8 Å². The first-order chi connectivity index (χ1) is 11.2. The fourth-order valence-corrected chi connectivity index (χ4v) is 5.33. The molecule has 5 rings (SSSR count). The standard InChI is InChI=1S/C19H29N3O2/c1-13-14-8-20-6-5-15(14)21-22(13)12-19-9-18(10-19,11-19)7-16(23)24-17(2,3)4/h20H,5-12H2,1-4H3/p+1. The quantitative estimate of drug-likeness (QED) is 0.656. The number of fused-ring (bicyclic) bond motifs is 1. The molecule has 2 heterocycles. The number of carbonyl (C=O) groups excluding carboxylic acids is 1. The van der Waals surface area contributed by atoms with Gasteiger partial charge in [0, 0.05) is 31.8 Å². The molecule has 4 aliphatic rings. The SMILES string of the molecule is Cc1c2c([nH][n+]1CC13CC(CC(=O)OC(C)(C)C)(C1)C3)CCNC2. The zero-order valence-corrected chi connectivity index (χ0v) is 15.4. The molecular formula is C19H30N3O2+. The molecule has 1 aromatic rings. The average molecular weight is 332 g/mol. The third-order valence-electron chi connectivity index (χ3n) is 6.01. The van der Waals surface area contributed by atoms with Crippen molar-refractivity contribution < 1.29 is 14.2 Å². The van der Waals surface area contributed by atoms with Gasteiger partial charge in [0.1, 0.15) is 5.60 Å². The molecule has 0 aromatic carbocycles. The van der Waals surface area contributed by atoms with Gasteiger partial charge in [-0.3, -0.25) is 4.79 Å². The number of carbonyl (C=O) groups is 1. The second-order valence-corrected chi connectivity index (χ2v) is 9.46. The van der Waals surface area contributed by atoms with Crippen molar-refractivity contribution in [1.82, 2.24) is 10.4 Å². The Balaban J connectivity index is 1.36. The summed E-state index contributed by atoms with van der Waals surface area (Å²) >= 11 is 0. The summed E-state index contributed by atoms with van der Waals surface area (Å²) in [4.78, 5) is 12.1. The van der Waals surface area contributed by atoms with Gasteiger partial charge in [-0.25, -0.2) is 0 Å². The first kappa shape index (κ1) is 16.1. The fourth-order valence-electron chi connectivity index (χ4n) is 5.33. The molecule has 3 aliphatic carbocycles. The topological polar surface area (TPSA) is 58.0 Å². The van der Waals surface area contributed by atoms with Crippen LogP contribution in [0.2, 0.25) is 0 Å². The lowest BCUT2D eigenvalue weighted by Gasteiger charge is -2.68. The number of hydrogen-bond acceptors (Lipinski definition) is 3. The molecule has 132 valence electrons. The lowest BCUT2D eigenvalue weighted by molar-refractivity contribution is -0.775. The van der Waals surface area contributed by atoms with Gasteiger partial charge < -0.3 is 10.1 Å². The number of aromatic amines is 1. The van der Waals surface area contributed by atoms with E-state index >= 15 is 0 Å². The Labute approximate surface area is 144 Å². The minimum atomic E-state index is -0.372. The molecular weight excluding hydrogens is 302 g/mol. The highest BCUT2D eigenvalue weighted by Crippen LogP contribution is 2.75. The Morgan fingerprint density at radius 3 is 2.58 bits per heavy atom. The second-order valence-electron chi connectivity index (χ2n) is 9.46. The van der Waals surface area contributed by atoms with E-state index in [-0.39, 0.29) is 17.0 Å². The van der Waals surface area contributed by atoms with Gasteiger partial charge in [0.25, 0.3) is 0 Å². The third-order valence-corrected chi connectivity index (χ3v) is 6.01. The number of ether oxygens (including phenoxy) is 1. The molecule has 0 saturated heterocycles. The summed E-state index contributed by atoms with van der Waals surface area (Å²) in [6.45, 7) is 11.2. The lowest BCUT2D eigenvalue weighted by atomic mass is 9.34. The Morgan fingerprint density at radius 2 is 1.96 bits per heavy atom. The lowest BCUT2D eigenvalue weighted by Crippen LogP contribution is -2.67. The van der Waals surface area contributed by atoms with Gasteiger partial charge in [-0.1, -0.05) is 0 Å². The van der Waals surface area contributed by atoms with E-state index in [4.69, 9.17) is 4.74 Å². The van der Waals surface area contributed by atoms with E-state index in [1.807, 2.05) is 20.8 Å². The predicted octanol–water partition coefficient (Wildman–Crippen LogP) is 2.16. The van der Waals surface area contributed by atoms with Crippen molar-refractivity contribution in [3.8, 4) is 0 Å². The zero-order valence-electron chi connectivity index (χ0n) is 15.4. The van der Waals surface area contributed by atoms with Gasteiger partial charge in [-0.2, -0.15) is 5.10 Å². The molecule has 3 saturated carbocycles. The van der Waals surface area contributed by atoms with Gasteiger partial charge >= 0.3 is 5.97 Å². The van der Waals surface area contributed by atoms with E-state index in [0.29, 0.717) is 11.8 Å². The maximum Gasteiger partial charge on any atom is 0.306 e. The second kappa shape index (κ2) is 5.07. The van der Waals surface area contributed by atoms with Crippen LogP contribution in [-0.4, -0.2) is 23.2 Å². The van der Waals surface area contributed by atoms with Gasteiger partial charge in [0.2, 0.25) is 5.69 Å². The number of hydrogen-bond donors (Lipinski definition) is 2. The van der Waals surface area contributed by atoms with E-state index in [1.165, 1.54) is 36.2 Å². The number of nitrogens with one attached hydrogen (secondary N) is 2. The maximum absolute atomic E-state index is 12.1. The van der Waals surface area contributed by atoms with Gasteiger partial charge in [-0.05, 0) is 45.4 Å². The van der Waals surface area contributed by atoms with Gasteiger partial charge in [0.15, 0.2) is 6.54 Å². The van der Waals surface area contributed by atoms with E-state index in [9.17, 15) is 4.79 Å². The minimum Gasteiger partial charge on any atom is -0.460 e. The monoisotopic (exact) mass is 332 g/mol. The van der Waals surface area contributed by atoms with Crippen LogP contribution >= 0.6 is 0 Å². The molecule has 0 amide bonds. The molecule has 0 spiro atoms. The first-order valence-electron chi connectivity index (χ1n) is 9.22. The van der Waals surface area contributed by atoms with Crippen molar-refractivity contribution in [2.75, 3.05) is 6.54 Å². The van der Waals surface area contributed by atoms with Gasteiger partial charge in [0.05, 0.1) is 17.7 Å². The van der Waals surface area contributed by atoms with Crippen LogP contribution in [0.15, 0.2) is 0 Å². The molecule has 0 unspecified atom stereocenters. The van der Waals surface area contributed by atoms with E-state index in [0.717, 1.165) is 26.1 Å². The number of H-pyrrole nitrogens is 1. The first-order valence-corrected chi connectivity index (χ1v) is 9.22. The van der Waals surface area contributed by atoms with Crippen LogP contribution in [0.3, 0.4) is 0 Å². The van der Waals surface area contributed by atoms with Crippen LogP contribution in [0.4, 0.5) is 0 Å². The highest BCUT2D eigenvalue weighted by molar-refractivity contribution is 5.71. The summed E-state index contributed by atoms with van der Waals surface area (Å²) in [7, 11) is 0. The molecule has 1 aromatic heterocycles. The molecule has 5 nitrogen and oxygen atoms in total. The van der Waals surface area contributed by atoms with Crippen molar-refractivity contribution in [2.45, 2.75) is 78.5 Å². The molecule has 24 heavy (non-hydrogen) atoms. The van der Waals surface area contributed by atoms with Crippen molar-refractivity contribution in [3.05, 3.63) is 17.0 Å². The Hall–Kier alpha value is -1.36. The summed E-state index contributed by atoms with van der Waals surface area (Å²) in [6, 6.07) is 0. The van der Waals surface area contributed by atoms with Crippen molar-refractivity contribution in [3.63, 3.8) is 0 Å². The van der Waals surface area contributed by atoms with Crippen molar-refractivity contribution >= 4 is 5.97 Å².